The van der Waals surface area contributed by atoms with Crippen LogP contribution >= 0.6 is 0 Å². The van der Waals surface area contributed by atoms with Gasteiger partial charge in [0.25, 0.3) is 0 Å². The summed E-state index contributed by atoms with van der Waals surface area (Å²) in [6.45, 7) is 6.20. The molecule has 74 valence electrons. The molecule has 0 aliphatic carbocycles. The predicted molar refractivity (Wildman–Crippen MR) is 51.6 cm³/mol. The van der Waals surface area contributed by atoms with Gasteiger partial charge in [0.15, 0.2) is 0 Å². The molecular weight excluding hydrogens is 174 g/mol. The van der Waals surface area contributed by atoms with E-state index in [9.17, 15) is 8.42 Å². The molecule has 0 amide bonds. The van der Waals surface area contributed by atoms with Gasteiger partial charge in [-0.2, -0.15) is 0 Å². The van der Waals surface area contributed by atoms with Crippen molar-refractivity contribution in [2.75, 3.05) is 0 Å². The van der Waals surface area contributed by atoms with Crippen LogP contribution in [-0.2, 0) is 10.9 Å². The van der Waals surface area contributed by atoms with Crippen molar-refractivity contribution < 1.29 is 8.42 Å². The summed E-state index contributed by atoms with van der Waals surface area (Å²) in [6, 6.07) is 0.117. The number of hydrogen-bond acceptors (Lipinski definition) is 2. The molecular formula is C8H19NO2S. The van der Waals surface area contributed by atoms with Gasteiger partial charge in [0, 0.05) is 6.04 Å². The van der Waals surface area contributed by atoms with Crippen molar-refractivity contribution in [2.24, 2.45) is 5.92 Å². The van der Waals surface area contributed by atoms with E-state index in [4.69, 9.17) is 0 Å². The molecule has 3 nitrogen and oxygen atoms in total. The maximum absolute atomic E-state index is 10.4. The molecule has 2 atom stereocenters. The molecule has 4 heteroatoms. The standard InChI is InChI=1S/C8H19NO2S/c1-4-6-7(3)8(5-2)9-12(10)11/h7-8,12H,4-6H2,1-3H3,(H,9,10,11). The minimum Gasteiger partial charge on any atom is -0.216 e. The predicted octanol–water partition coefficient (Wildman–Crippen LogP) is 1.32. The number of thiol groups is 1. The molecule has 0 aromatic carbocycles. The Bertz CT molecular complexity index is 172. The highest BCUT2D eigenvalue weighted by atomic mass is 32.2. The van der Waals surface area contributed by atoms with Crippen molar-refractivity contribution in [2.45, 2.75) is 46.1 Å². The Hall–Kier alpha value is -0.0900. The minimum atomic E-state index is -2.44. The molecule has 0 saturated heterocycles. The Morgan fingerprint density at radius 1 is 1.33 bits per heavy atom. The van der Waals surface area contributed by atoms with Crippen LogP contribution in [0, 0.1) is 5.92 Å². The third-order valence-corrected chi connectivity index (χ3v) is 2.68. The largest absolute Gasteiger partial charge is 0.216 e. The van der Waals surface area contributed by atoms with Gasteiger partial charge in [-0.05, 0) is 18.8 Å². The molecule has 0 aromatic rings. The fourth-order valence-electron chi connectivity index (χ4n) is 1.41. The molecule has 0 aromatic heterocycles. The van der Waals surface area contributed by atoms with Gasteiger partial charge in [0.1, 0.15) is 0 Å². The van der Waals surface area contributed by atoms with E-state index in [1.165, 1.54) is 0 Å². The van der Waals surface area contributed by atoms with Crippen LogP contribution in [-0.4, -0.2) is 14.5 Å². The summed E-state index contributed by atoms with van der Waals surface area (Å²) in [5.41, 5.74) is 0. The van der Waals surface area contributed by atoms with Crippen molar-refractivity contribution in [1.29, 1.82) is 0 Å². The van der Waals surface area contributed by atoms with Crippen molar-refractivity contribution >= 4 is 10.9 Å². The monoisotopic (exact) mass is 193 g/mol. The summed E-state index contributed by atoms with van der Waals surface area (Å²) >= 11 is 0. The Morgan fingerprint density at radius 2 is 1.92 bits per heavy atom. The van der Waals surface area contributed by atoms with Gasteiger partial charge in [-0.3, -0.25) is 0 Å². The average Bonchev–Trinajstić information content (AvgIpc) is 2.00. The second kappa shape index (κ2) is 6.43. The molecule has 0 rings (SSSR count). The first-order chi connectivity index (χ1) is 5.61. The topological polar surface area (TPSA) is 46.2 Å². The van der Waals surface area contributed by atoms with Crippen molar-refractivity contribution in [3.63, 3.8) is 0 Å². The molecule has 0 spiro atoms. The minimum absolute atomic E-state index is 0.117. The Labute approximate surface area is 76.6 Å². The van der Waals surface area contributed by atoms with Crippen LogP contribution in [0.25, 0.3) is 0 Å². The van der Waals surface area contributed by atoms with E-state index >= 15 is 0 Å². The van der Waals surface area contributed by atoms with Gasteiger partial charge >= 0.3 is 0 Å². The highest BCUT2D eigenvalue weighted by Crippen LogP contribution is 2.12. The average molecular weight is 193 g/mol. The SMILES string of the molecule is CCCC(C)C(CC)N[SH](=O)=O. The normalized spacial score (nSPS) is 16.3. The molecule has 0 saturated carbocycles. The van der Waals surface area contributed by atoms with E-state index in [1.54, 1.807) is 0 Å². The summed E-state index contributed by atoms with van der Waals surface area (Å²) in [5.74, 6) is 0.438. The highest BCUT2D eigenvalue weighted by molar-refractivity contribution is 7.70. The second-order valence-electron chi connectivity index (χ2n) is 3.17. The van der Waals surface area contributed by atoms with E-state index in [1.807, 2.05) is 6.92 Å². The summed E-state index contributed by atoms with van der Waals surface area (Å²) in [6.07, 6.45) is 3.05. The summed E-state index contributed by atoms with van der Waals surface area (Å²) < 4.78 is 23.4. The number of hydrogen-bond donors (Lipinski definition) is 2. The first-order valence-corrected chi connectivity index (χ1v) is 5.70. The Balaban J connectivity index is 3.95. The van der Waals surface area contributed by atoms with E-state index in [0.717, 1.165) is 19.3 Å². The van der Waals surface area contributed by atoms with Crippen molar-refractivity contribution in [1.82, 2.24) is 4.72 Å². The van der Waals surface area contributed by atoms with E-state index in [0.29, 0.717) is 5.92 Å². The molecule has 0 aliphatic heterocycles. The summed E-state index contributed by atoms with van der Waals surface area (Å²) in [5, 5.41) is 0. The zero-order valence-electron chi connectivity index (χ0n) is 8.04. The van der Waals surface area contributed by atoms with Crippen LogP contribution in [0.5, 0.6) is 0 Å². The molecule has 2 unspecified atom stereocenters. The summed E-state index contributed by atoms with van der Waals surface area (Å²) in [4.78, 5) is 0. The van der Waals surface area contributed by atoms with Crippen LogP contribution < -0.4 is 4.72 Å². The quantitative estimate of drug-likeness (QED) is 0.625. The third kappa shape index (κ3) is 4.72. The lowest BCUT2D eigenvalue weighted by Crippen LogP contribution is -2.33. The van der Waals surface area contributed by atoms with Crippen LogP contribution in [0.3, 0.4) is 0 Å². The molecule has 0 heterocycles. The molecule has 0 aliphatic rings. The van der Waals surface area contributed by atoms with Gasteiger partial charge in [-0.1, -0.05) is 27.2 Å². The maximum Gasteiger partial charge on any atom is 0.201 e. The Kier molecular flexibility index (Phi) is 6.38. The van der Waals surface area contributed by atoms with Gasteiger partial charge in [0.05, 0.1) is 0 Å². The van der Waals surface area contributed by atoms with Crippen molar-refractivity contribution in [3.8, 4) is 0 Å². The third-order valence-electron chi connectivity index (χ3n) is 2.14. The zero-order valence-corrected chi connectivity index (χ0v) is 8.93. The Morgan fingerprint density at radius 3 is 2.25 bits per heavy atom. The smallest absolute Gasteiger partial charge is 0.201 e. The van der Waals surface area contributed by atoms with Crippen LogP contribution in [0.1, 0.15) is 40.0 Å². The van der Waals surface area contributed by atoms with Gasteiger partial charge in [-0.25, -0.2) is 13.1 Å². The van der Waals surface area contributed by atoms with Gasteiger partial charge in [-0.15, -0.1) is 0 Å². The number of nitrogens with one attached hydrogen (secondary N) is 1. The second-order valence-corrected chi connectivity index (χ2v) is 3.94. The maximum atomic E-state index is 10.4. The lowest BCUT2D eigenvalue weighted by atomic mass is 9.96. The van der Waals surface area contributed by atoms with Gasteiger partial charge in [0.2, 0.25) is 10.9 Å². The molecule has 1 N–H and O–H groups in total. The van der Waals surface area contributed by atoms with Crippen LogP contribution in [0.4, 0.5) is 0 Å². The summed E-state index contributed by atoms with van der Waals surface area (Å²) in [7, 11) is -2.44. The number of rotatable bonds is 6. The van der Waals surface area contributed by atoms with Crippen LogP contribution in [0.15, 0.2) is 0 Å². The van der Waals surface area contributed by atoms with E-state index in [-0.39, 0.29) is 6.04 Å². The fourth-order valence-corrected chi connectivity index (χ4v) is 2.12. The molecule has 0 fully saturated rings. The molecule has 12 heavy (non-hydrogen) atoms. The highest BCUT2D eigenvalue weighted by Gasteiger charge is 2.14. The van der Waals surface area contributed by atoms with E-state index < -0.39 is 10.9 Å². The van der Waals surface area contributed by atoms with E-state index in [2.05, 4.69) is 18.6 Å². The molecule has 0 radical (unpaired) electrons. The lowest BCUT2D eigenvalue weighted by molar-refractivity contribution is 0.387. The fraction of sp³-hybridized carbons (Fsp3) is 1.00. The first kappa shape index (κ1) is 11.9. The zero-order chi connectivity index (χ0) is 9.56. The van der Waals surface area contributed by atoms with Crippen LogP contribution in [0.2, 0.25) is 0 Å². The lowest BCUT2D eigenvalue weighted by Gasteiger charge is -2.20. The molecule has 0 bridgehead atoms. The van der Waals surface area contributed by atoms with Gasteiger partial charge < -0.3 is 0 Å². The first-order valence-electron chi connectivity index (χ1n) is 4.52. The van der Waals surface area contributed by atoms with Crippen molar-refractivity contribution in [3.05, 3.63) is 0 Å².